The number of carbonyl (C=O) groups excluding carboxylic acids is 3. The molecule has 0 spiro atoms. The maximum atomic E-state index is 16.1. The topological polar surface area (TPSA) is 158 Å². The fourth-order valence-corrected chi connectivity index (χ4v) is 10.7. The number of alkyl halides is 1. The normalized spacial score (nSPS) is 22.0. The zero-order chi connectivity index (χ0) is 50.1. The highest BCUT2D eigenvalue weighted by atomic mass is 32.1. The maximum absolute atomic E-state index is 16.1. The predicted octanol–water partition coefficient (Wildman–Crippen LogP) is 7.82. The second-order valence-electron chi connectivity index (χ2n) is 20.8. The fourth-order valence-electron chi connectivity index (χ4n) is 9.86. The van der Waals surface area contributed by atoms with Crippen molar-refractivity contribution in [2.45, 2.75) is 110 Å². The molecule has 0 radical (unpaired) electrons. The number of aliphatic hydroxyl groups excluding tert-OH is 1. The van der Waals surface area contributed by atoms with Crippen LogP contribution < -0.4 is 15.4 Å². The quantitative estimate of drug-likeness (QED) is 0.0606. The summed E-state index contributed by atoms with van der Waals surface area (Å²) in [5.41, 5.74) is 4.68. The number of para-hydroxylation sites is 1. The van der Waals surface area contributed by atoms with Gasteiger partial charge in [0, 0.05) is 73.0 Å². The van der Waals surface area contributed by atoms with Crippen molar-refractivity contribution >= 4 is 40.0 Å². The molecular weight excluding hydrogens is 922 g/mol. The van der Waals surface area contributed by atoms with Crippen molar-refractivity contribution in [3.63, 3.8) is 0 Å². The molecule has 4 heterocycles. The number of hydrogen-bond acceptors (Lipinski definition) is 10. The van der Waals surface area contributed by atoms with Gasteiger partial charge in [0.25, 0.3) is 0 Å². The molecule has 2 aromatic heterocycles. The SMILES string of the molecule is Cc1ncsc1-c1ccc(CNC(=O)[C@@H]2C[C@@H](O)CN2C(=O)C(NC(=O)COCC2CC2COCCOc2cc(F)c([C@@H]3c4[nH]c5ccccc5c4C[C@@H](C)N3CC(C)(C)F)c(F)c2)C(C)(C)C)cc1. The smallest absolute Gasteiger partial charge is 0.246 e. The minimum Gasteiger partial charge on any atom is -0.491 e. The summed E-state index contributed by atoms with van der Waals surface area (Å²) in [5, 5.41) is 17.3. The van der Waals surface area contributed by atoms with E-state index in [1.54, 1.807) is 16.8 Å². The van der Waals surface area contributed by atoms with Gasteiger partial charge in [-0.05, 0) is 80.5 Å². The van der Waals surface area contributed by atoms with Gasteiger partial charge in [-0.15, -0.1) is 11.3 Å². The van der Waals surface area contributed by atoms with E-state index in [2.05, 4.69) is 20.6 Å². The van der Waals surface area contributed by atoms with Crippen molar-refractivity contribution in [3.8, 4) is 16.2 Å². The Morgan fingerprint density at radius 2 is 1.67 bits per heavy atom. The molecule has 2 aliphatic heterocycles. The monoisotopic (exact) mass is 986 g/mol. The second-order valence-corrected chi connectivity index (χ2v) is 21.7. The molecule has 70 heavy (non-hydrogen) atoms. The summed E-state index contributed by atoms with van der Waals surface area (Å²) in [6.45, 7) is 13.2. The number of benzene rings is 3. The van der Waals surface area contributed by atoms with Crippen LogP contribution in [0.5, 0.6) is 5.75 Å². The van der Waals surface area contributed by atoms with Gasteiger partial charge in [-0.3, -0.25) is 19.3 Å². The number of thiazole rings is 1. The number of aryl methyl sites for hydroxylation is 1. The van der Waals surface area contributed by atoms with Crippen molar-refractivity contribution in [3.05, 3.63) is 106 Å². The highest BCUT2D eigenvalue weighted by Crippen LogP contribution is 2.44. The van der Waals surface area contributed by atoms with Gasteiger partial charge < -0.3 is 39.8 Å². The largest absolute Gasteiger partial charge is 0.491 e. The number of rotatable bonds is 19. The lowest BCUT2D eigenvalue weighted by molar-refractivity contribution is -0.144. The van der Waals surface area contributed by atoms with Crippen molar-refractivity contribution in [1.29, 1.82) is 0 Å². The number of carbonyl (C=O) groups is 3. The molecule has 376 valence electrons. The molecule has 3 aliphatic rings. The van der Waals surface area contributed by atoms with E-state index in [1.165, 1.54) is 30.9 Å². The number of nitrogens with zero attached hydrogens (tertiary/aromatic N) is 3. The minimum absolute atomic E-state index is 0.0187. The first-order chi connectivity index (χ1) is 33.3. The van der Waals surface area contributed by atoms with E-state index >= 15 is 13.2 Å². The van der Waals surface area contributed by atoms with Gasteiger partial charge >= 0.3 is 0 Å². The summed E-state index contributed by atoms with van der Waals surface area (Å²) in [6.07, 6.45) is 0.627. The van der Waals surface area contributed by atoms with Gasteiger partial charge in [-0.1, -0.05) is 63.2 Å². The number of hydrogen-bond donors (Lipinski definition) is 4. The number of halogens is 3. The first-order valence-electron chi connectivity index (χ1n) is 24.1. The van der Waals surface area contributed by atoms with Gasteiger partial charge in [0.2, 0.25) is 17.7 Å². The van der Waals surface area contributed by atoms with Crippen LogP contribution in [0, 0.1) is 35.8 Å². The van der Waals surface area contributed by atoms with Crippen molar-refractivity contribution in [2.75, 3.05) is 46.1 Å². The van der Waals surface area contributed by atoms with Crippen LogP contribution in [-0.4, -0.2) is 119 Å². The average molecular weight is 987 g/mol. The Balaban J connectivity index is 0.770. The third-order valence-electron chi connectivity index (χ3n) is 13.6. The van der Waals surface area contributed by atoms with E-state index in [0.717, 1.165) is 44.6 Å². The van der Waals surface area contributed by atoms with Crippen LogP contribution in [-0.2, 0) is 36.8 Å². The standard InChI is InChI=1S/C53H65F3N6O7S/c1-30-18-39-38-10-8-9-11-42(38)59-46(39)47(62(30)28-53(6,7)56)45-40(54)21-37(22-41(45)55)69-17-16-67-25-34-19-35(34)26-68-27-44(64)60-49(52(3,4)5)51(66)61-24-36(63)20-43(61)50(65)57-23-32-12-14-33(15-13-32)48-31(2)58-29-70-48/h8-15,21-22,29-30,34-36,43,47,49,59,63H,16-20,23-28H2,1-7H3,(H,57,65)(H,60,64)/t30-,34?,35?,36-,43+,47-,49?/m1/s1. The van der Waals surface area contributed by atoms with Gasteiger partial charge in [0.05, 0.1) is 41.4 Å². The van der Waals surface area contributed by atoms with Crippen LogP contribution in [0.1, 0.15) is 88.5 Å². The molecular formula is C53H65F3N6O7S. The van der Waals surface area contributed by atoms with E-state index in [-0.39, 0.29) is 81.0 Å². The molecule has 17 heteroatoms. The average Bonchev–Trinajstić information content (AvgIpc) is 3.52. The van der Waals surface area contributed by atoms with Gasteiger partial charge in [0.1, 0.15) is 48.4 Å². The number of aromatic amines is 1. The summed E-state index contributed by atoms with van der Waals surface area (Å²) < 4.78 is 64.7. The second kappa shape index (κ2) is 21.2. The Morgan fingerprint density at radius 1 is 0.971 bits per heavy atom. The van der Waals surface area contributed by atoms with E-state index in [1.807, 2.05) is 88.0 Å². The maximum Gasteiger partial charge on any atom is 0.246 e. The van der Waals surface area contributed by atoms with Crippen LogP contribution in [0.3, 0.4) is 0 Å². The van der Waals surface area contributed by atoms with E-state index in [9.17, 15) is 19.5 Å². The third-order valence-corrected chi connectivity index (χ3v) is 14.6. The number of aliphatic hydroxyl groups is 1. The van der Waals surface area contributed by atoms with E-state index in [0.29, 0.717) is 25.3 Å². The number of likely N-dealkylation sites (tertiary alicyclic amines) is 1. The molecule has 3 amide bonds. The lowest BCUT2D eigenvalue weighted by Crippen LogP contribution is -2.58. The lowest BCUT2D eigenvalue weighted by atomic mass is 9.85. The Labute approximate surface area is 411 Å². The molecule has 4 N–H and O–H groups in total. The molecule has 0 bridgehead atoms. The van der Waals surface area contributed by atoms with Crippen molar-refractivity contribution in [2.24, 2.45) is 17.3 Å². The van der Waals surface area contributed by atoms with Crippen LogP contribution in [0.25, 0.3) is 21.3 Å². The summed E-state index contributed by atoms with van der Waals surface area (Å²) in [7, 11) is 0. The highest BCUT2D eigenvalue weighted by Gasteiger charge is 2.45. The molecule has 5 aromatic rings. The number of amides is 3. The lowest BCUT2D eigenvalue weighted by Gasteiger charge is -2.43. The molecule has 8 rings (SSSR count). The molecule has 1 aliphatic carbocycles. The first kappa shape index (κ1) is 51.0. The predicted molar refractivity (Wildman–Crippen MR) is 262 cm³/mol. The molecule has 3 aromatic carbocycles. The number of fused-ring (bicyclic) bond motifs is 3. The number of H-pyrrole nitrogens is 1. The number of ether oxygens (including phenoxy) is 3. The zero-order valence-electron chi connectivity index (χ0n) is 41.0. The number of β-amino-alcohol motifs (C(OH)–C–C–N with tert-alkyl or cyclic N) is 1. The van der Waals surface area contributed by atoms with Crippen molar-refractivity contribution < 1.29 is 46.9 Å². The molecule has 1 saturated heterocycles. The summed E-state index contributed by atoms with van der Waals surface area (Å²) in [5.74, 6) is -2.50. The highest BCUT2D eigenvalue weighted by molar-refractivity contribution is 7.13. The van der Waals surface area contributed by atoms with Crippen LogP contribution in [0.15, 0.2) is 66.2 Å². The van der Waals surface area contributed by atoms with E-state index < -0.39 is 58.8 Å². The number of aromatic nitrogens is 2. The van der Waals surface area contributed by atoms with Crippen molar-refractivity contribution in [1.82, 2.24) is 30.4 Å². The molecule has 7 atom stereocenters. The summed E-state index contributed by atoms with van der Waals surface area (Å²) >= 11 is 1.56. The Morgan fingerprint density at radius 3 is 2.34 bits per heavy atom. The summed E-state index contributed by atoms with van der Waals surface area (Å²) in [6, 6.07) is 15.0. The molecule has 3 unspecified atom stereocenters. The van der Waals surface area contributed by atoms with Crippen LogP contribution in [0.4, 0.5) is 13.2 Å². The Kier molecular flexibility index (Phi) is 15.4. The zero-order valence-corrected chi connectivity index (χ0v) is 41.8. The van der Waals surface area contributed by atoms with Crippen LogP contribution >= 0.6 is 11.3 Å². The summed E-state index contributed by atoms with van der Waals surface area (Å²) in [4.78, 5) is 52.7. The first-order valence-corrected chi connectivity index (χ1v) is 25.0. The van der Waals surface area contributed by atoms with Gasteiger partial charge in [-0.2, -0.15) is 0 Å². The molecule has 13 nitrogen and oxygen atoms in total. The molecule has 2 fully saturated rings. The third kappa shape index (κ3) is 11.9. The Hall–Kier alpha value is -5.33. The van der Waals surface area contributed by atoms with E-state index in [4.69, 9.17) is 14.2 Å². The van der Waals surface area contributed by atoms with Crippen LogP contribution in [0.2, 0.25) is 0 Å². The van der Waals surface area contributed by atoms with Gasteiger partial charge in [0.15, 0.2) is 0 Å². The number of nitrogens with one attached hydrogen (secondary N) is 3. The Bertz CT molecular complexity index is 2640. The van der Waals surface area contributed by atoms with Gasteiger partial charge in [-0.25, -0.2) is 18.2 Å². The minimum atomic E-state index is -1.61. The fraction of sp³-hybridized carbons (Fsp3) is 0.509. The molecule has 1 saturated carbocycles.